The minimum absolute atomic E-state index is 0.0749. The zero-order valence-electron chi connectivity index (χ0n) is 17.4. The smallest absolute Gasteiger partial charge is 0.335 e. The van der Waals surface area contributed by atoms with Crippen molar-refractivity contribution in [3.05, 3.63) is 59.4 Å². The van der Waals surface area contributed by atoms with Crippen LogP contribution in [0.4, 0.5) is 4.39 Å². The summed E-state index contributed by atoms with van der Waals surface area (Å²) in [5.74, 6) is -0.873. The standard InChI is InChI=1S/C25H26FNO4/c26-21-8-7-18(24(29)30)14-19(21)16-3-5-17(6-4-16)20-15-25(20)9-11-27(12-10-25)23(28)22-2-1-13-31-22/h3-8,14,20,22H,1-2,9-13,15H2,(H,29,30)/t20-,22-/m1/s1. The molecule has 3 fully saturated rings. The van der Waals surface area contributed by atoms with Crippen LogP contribution < -0.4 is 0 Å². The van der Waals surface area contributed by atoms with Crippen LogP contribution in [-0.2, 0) is 9.53 Å². The number of piperidine rings is 1. The van der Waals surface area contributed by atoms with Crippen LogP contribution in [0.25, 0.3) is 11.1 Å². The van der Waals surface area contributed by atoms with Crippen molar-refractivity contribution in [1.29, 1.82) is 0 Å². The van der Waals surface area contributed by atoms with Gasteiger partial charge >= 0.3 is 5.97 Å². The molecule has 162 valence electrons. The Bertz CT molecular complexity index is 1000. The lowest BCUT2D eigenvalue weighted by molar-refractivity contribution is -0.142. The number of carbonyl (C=O) groups excluding carboxylic acids is 1. The van der Waals surface area contributed by atoms with Crippen LogP contribution in [0.2, 0.25) is 0 Å². The van der Waals surface area contributed by atoms with Gasteiger partial charge in [0.2, 0.25) is 0 Å². The molecular weight excluding hydrogens is 397 g/mol. The molecular formula is C25H26FNO4. The largest absolute Gasteiger partial charge is 0.478 e. The van der Waals surface area contributed by atoms with Crippen LogP contribution in [0.3, 0.4) is 0 Å². The van der Waals surface area contributed by atoms with Gasteiger partial charge in [0.1, 0.15) is 11.9 Å². The highest BCUT2D eigenvalue weighted by atomic mass is 19.1. The van der Waals surface area contributed by atoms with E-state index in [4.69, 9.17) is 4.74 Å². The molecule has 0 aromatic heterocycles. The predicted octanol–water partition coefficient (Wildman–Crippen LogP) is 4.47. The minimum Gasteiger partial charge on any atom is -0.478 e. The third-order valence-electron chi connectivity index (χ3n) is 7.30. The van der Waals surface area contributed by atoms with Gasteiger partial charge in [-0.3, -0.25) is 4.79 Å². The first-order valence-electron chi connectivity index (χ1n) is 11.0. The van der Waals surface area contributed by atoms with E-state index in [0.29, 0.717) is 23.7 Å². The van der Waals surface area contributed by atoms with Crippen molar-refractivity contribution >= 4 is 11.9 Å². The fourth-order valence-corrected chi connectivity index (χ4v) is 5.29. The molecule has 31 heavy (non-hydrogen) atoms. The summed E-state index contributed by atoms with van der Waals surface area (Å²) in [5, 5.41) is 9.17. The fraction of sp³-hybridized carbons (Fsp3) is 0.440. The van der Waals surface area contributed by atoms with Gasteiger partial charge in [-0.2, -0.15) is 0 Å². The first-order chi connectivity index (χ1) is 15.0. The molecule has 0 radical (unpaired) electrons. The number of carboxylic acid groups (broad SMARTS) is 1. The minimum atomic E-state index is -1.07. The zero-order valence-corrected chi connectivity index (χ0v) is 17.4. The molecule has 5 rings (SSSR count). The number of carboxylic acids is 1. The molecule has 1 amide bonds. The van der Waals surface area contributed by atoms with E-state index < -0.39 is 11.8 Å². The van der Waals surface area contributed by atoms with Crippen molar-refractivity contribution in [2.45, 2.75) is 44.1 Å². The van der Waals surface area contributed by atoms with Gasteiger partial charge in [-0.25, -0.2) is 9.18 Å². The highest BCUT2D eigenvalue weighted by Gasteiger charge is 2.55. The van der Waals surface area contributed by atoms with E-state index in [1.807, 2.05) is 29.2 Å². The number of halogens is 1. The van der Waals surface area contributed by atoms with E-state index in [1.165, 1.54) is 23.8 Å². The number of carbonyl (C=O) groups is 2. The first-order valence-corrected chi connectivity index (χ1v) is 11.0. The summed E-state index contributed by atoms with van der Waals surface area (Å²) in [7, 11) is 0. The van der Waals surface area contributed by atoms with Gasteiger partial charge in [0.25, 0.3) is 5.91 Å². The fourth-order valence-electron chi connectivity index (χ4n) is 5.29. The zero-order chi connectivity index (χ0) is 21.6. The molecule has 0 bridgehead atoms. The maximum absolute atomic E-state index is 14.3. The van der Waals surface area contributed by atoms with Gasteiger partial charge in [-0.05, 0) is 72.8 Å². The van der Waals surface area contributed by atoms with E-state index in [2.05, 4.69) is 0 Å². The number of aromatic carboxylic acids is 1. The average Bonchev–Trinajstić information content (AvgIpc) is 3.21. The van der Waals surface area contributed by atoms with E-state index in [1.54, 1.807) is 0 Å². The number of hydrogen-bond acceptors (Lipinski definition) is 3. The molecule has 2 atom stereocenters. The van der Waals surface area contributed by atoms with Crippen LogP contribution >= 0.6 is 0 Å². The van der Waals surface area contributed by atoms with Gasteiger partial charge in [0.15, 0.2) is 0 Å². The monoisotopic (exact) mass is 423 g/mol. The van der Waals surface area contributed by atoms with Crippen LogP contribution in [0.5, 0.6) is 0 Å². The second kappa shape index (κ2) is 7.75. The molecule has 0 unspecified atom stereocenters. The first kappa shape index (κ1) is 20.2. The molecule has 2 aliphatic heterocycles. The van der Waals surface area contributed by atoms with E-state index >= 15 is 0 Å². The van der Waals surface area contributed by atoms with Crippen molar-refractivity contribution in [2.75, 3.05) is 19.7 Å². The van der Waals surface area contributed by atoms with Crippen LogP contribution in [0.15, 0.2) is 42.5 Å². The topological polar surface area (TPSA) is 66.8 Å². The Kier molecular flexibility index (Phi) is 5.05. The summed E-state index contributed by atoms with van der Waals surface area (Å²) in [5.41, 5.74) is 2.56. The van der Waals surface area contributed by atoms with E-state index in [9.17, 15) is 19.1 Å². The molecule has 2 aromatic rings. The second-order valence-electron chi connectivity index (χ2n) is 9.07. The predicted molar refractivity (Wildman–Crippen MR) is 113 cm³/mol. The third-order valence-corrected chi connectivity index (χ3v) is 7.30. The van der Waals surface area contributed by atoms with Gasteiger partial charge in [0.05, 0.1) is 5.56 Å². The normalized spacial score (nSPS) is 24.4. The number of benzene rings is 2. The summed E-state index contributed by atoms with van der Waals surface area (Å²) in [6.07, 6.45) is 4.70. The highest BCUT2D eigenvalue weighted by Crippen LogP contribution is 2.65. The Labute approximate surface area is 180 Å². The molecule has 1 aliphatic carbocycles. The third kappa shape index (κ3) is 3.74. The number of amides is 1. The summed E-state index contributed by atoms with van der Waals surface area (Å²) >= 11 is 0. The Morgan fingerprint density at radius 3 is 2.48 bits per heavy atom. The maximum Gasteiger partial charge on any atom is 0.335 e. The SMILES string of the molecule is O=C(O)c1ccc(F)c(-c2ccc([C@H]3CC34CCN(C(=O)[C@H]3CCCO3)CC4)cc2)c1. The quantitative estimate of drug-likeness (QED) is 0.788. The van der Waals surface area contributed by atoms with Crippen LogP contribution in [-0.4, -0.2) is 47.7 Å². The number of rotatable bonds is 4. The number of nitrogens with zero attached hydrogens (tertiary/aromatic N) is 1. The van der Waals surface area contributed by atoms with Gasteiger partial charge in [-0.15, -0.1) is 0 Å². The maximum atomic E-state index is 14.3. The Hall–Kier alpha value is -2.73. The summed E-state index contributed by atoms with van der Waals surface area (Å²) < 4.78 is 19.8. The summed E-state index contributed by atoms with van der Waals surface area (Å²) in [6, 6.07) is 11.7. The molecule has 1 N–H and O–H groups in total. The Balaban J connectivity index is 1.25. The van der Waals surface area contributed by atoms with Crippen molar-refractivity contribution in [3.63, 3.8) is 0 Å². The molecule has 6 heteroatoms. The molecule has 2 saturated heterocycles. The van der Waals surface area contributed by atoms with Crippen molar-refractivity contribution in [1.82, 2.24) is 4.90 Å². The number of likely N-dealkylation sites (tertiary alicyclic amines) is 1. The van der Waals surface area contributed by atoms with Crippen molar-refractivity contribution in [3.8, 4) is 11.1 Å². The lowest BCUT2D eigenvalue weighted by atomic mass is 9.88. The molecule has 1 saturated carbocycles. The molecule has 1 spiro atoms. The molecule has 5 nitrogen and oxygen atoms in total. The molecule has 2 heterocycles. The van der Waals surface area contributed by atoms with Crippen LogP contribution in [0.1, 0.15) is 53.9 Å². The molecule has 3 aliphatic rings. The Morgan fingerprint density at radius 2 is 1.84 bits per heavy atom. The highest BCUT2D eigenvalue weighted by molar-refractivity contribution is 5.89. The van der Waals surface area contributed by atoms with Crippen molar-refractivity contribution in [2.24, 2.45) is 5.41 Å². The molecule has 2 aromatic carbocycles. The summed E-state index contributed by atoms with van der Waals surface area (Å²) in [4.78, 5) is 25.8. The van der Waals surface area contributed by atoms with Gasteiger partial charge in [-0.1, -0.05) is 24.3 Å². The number of ether oxygens (including phenoxy) is 1. The van der Waals surface area contributed by atoms with Crippen LogP contribution in [0, 0.1) is 11.2 Å². The second-order valence-corrected chi connectivity index (χ2v) is 9.07. The van der Waals surface area contributed by atoms with Gasteiger partial charge in [0, 0.05) is 25.3 Å². The number of hydrogen-bond donors (Lipinski definition) is 1. The lowest BCUT2D eigenvalue weighted by Gasteiger charge is -2.34. The van der Waals surface area contributed by atoms with E-state index in [0.717, 1.165) is 45.2 Å². The Morgan fingerprint density at radius 1 is 1.10 bits per heavy atom. The van der Waals surface area contributed by atoms with E-state index in [-0.39, 0.29) is 23.0 Å². The van der Waals surface area contributed by atoms with Crippen molar-refractivity contribution < 1.29 is 23.8 Å². The average molecular weight is 423 g/mol. The lowest BCUT2D eigenvalue weighted by Crippen LogP contribution is -2.44. The van der Waals surface area contributed by atoms with Gasteiger partial charge < -0.3 is 14.7 Å². The summed E-state index contributed by atoms with van der Waals surface area (Å²) in [6.45, 7) is 2.28.